The lowest BCUT2D eigenvalue weighted by molar-refractivity contribution is 0.303. The molecule has 4 rings (SSSR count). The van der Waals surface area contributed by atoms with Crippen LogP contribution in [0.1, 0.15) is 0 Å². The van der Waals surface area contributed by atoms with E-state index in [9.17, 15) is 0 Å². The fourth-order valence-electron chi connectivity index (χ4n) is 2.90. The van der Waals surface area contributed by atoms with E-state index in [0.717, 1.165) is 26.9 Å². The second-order valence-electron chi connectivity index (χ2n) is 5.42. The summed E-state index contributed by atoms with van der Waals surface area (Å²) in [6.07, 6.45) is 0. The van der Waals surface area contributed by atoms with Crippen molar-refractivity contribution in [1.82, 2.24) is 9.55 Å². The molecule has 0 saturated heterocycles. The number of hydrogen-bond acceptors (Lipinski definition) is 2. The topological polar surface area (TPSA) is 29.9 Å². The van der Waals surface area contributed by atoms with Crippen LogP contribution in [0.3, 0.4) is 0 Å². The van der Waals surface area contributed by atoms with Crippen molar-refractivity contribution >= 4 is 34.0 Å². The third-order valence-corrected chi connectivity index (χ3v) is 4.33. The molecule has 0 amide bonds. The maximum atomic E-state index is 6.02. The molecule has 0 aliphatic carbocycles. The van der Waals surface area contributed by atoms with Gasteiger partial charge in [-0.3, -0.25) is 0 Å². The molecule has 0 spiro atoms. The molecule has 4 aromatic rings. The minimum Gasteiger partial charge on any atom is -0.491 e. The number of H-pyrrole nitrogens is 1. The van der Waals surface area contributed by atoms with Crippen LogP contribution in [0.15, 0.2) is 66.7 Å². The molecule has 1 N–H and O–H groups in total. The molecule has 1 heterocycles. The van der Waals surface area contributed by atoms with E-state index in [4.69, 9.17) is 17.0 Å². The number of aromatic nitrogens is 2. The molecule has 114 valence electrons. The third-order valence-electron chi connectivity index (χ3n) is 4.00. The minimum atomic E-state index is 0.574. The van der Waals surface area contributed by atoms with Gasteiger partial charge in [-0.05, 0) is 35.8 Å². The Labute approximate surface area is 139 Å². The number of rotatable bonds is 4. The van der Waals surface area contributed by atoms with E-state index in [1.54, 1.807) is 0 Å². The smallest absolute Gasteiger partial charge is 0.178 e. The SMILES string of the molecule is S=c1[nH]c2ccccc2n1CCOc1cccc2ccccc12. The van der Waals surface area contributed by atoms with Crippen LogP contribution in [0.25, 0.3) is 21.8 Å². The van der Waals surface area contributed by atoms with Crippen molar-refractivity contribution in [3.05, 3.63) is 71.5 Å². The van der Waals surface area contributed by atoms with E-state index < -0.39 is 0 Å². The molecule has 0 fully saturated rings. The summed E-state index contributed by atoms with van der Waals surface area (Å²) in [6, 6.07) is 22.5. The molecule has 0 saturated carbocycles. The normalized spacial score (nSPS) is 11.1. The Morgan fingerprint density at radius 1 is 0.913 bits per heavy atom. The van der Waals surface area contributed by atoms with Gasteiger partial charge in [-0.15, -0.1) is 0 Å². The Morgan fingerprint density at radius 2 is 1.70 bits per heavy atom. The molecule has 0 unspecified atom stereocenters. The molecule has 4 heteroatoms. The second kappa shape index (κ2) is 5.89. The largest absolute Gasteiger partial charge is 0.491 e. The molecule has 3 aromatic carbocycles. The Kier molecular flexibility index (Phi) is 3.60. The van der Waals surface area contributed by atoms with Crippen LogP contribution in [-0.4, -0.2) is 16.2 Å². The summed E-state index contributed by atoms with van der Waals surface area (Å²) >= 11 is 5.41. The van der Waals surface area contributed by atoms with Gasteiger partial charge in [-0.1, -0.05) is 48.5 Å². The Hall–Kier alpha value is -2.59. The van der Waals surface area contributed by atoms with Gasteiger partial charge in [0.25, 0.3) is 0 Å². The molecule has 0 atom stereocenters. The van der Waals surface area contributed by atoms with Crippen molar-refractivity contribution in [3.63, 3.8) is 0 Å². The van der Waals surface area contributed by atoms with Gasteiger partial charge in [0.1, 0.15) is 12.4 Å². The highest BCUT2D eigenvalue weighted by Crippen LogP contribution is 2.25. The van der Waals surface area contributed by atoms with Crippen molar-refractivity contribution in [2.24, 2.45) is 0 Å². The van der Waals surface area contributed by atoms with Gasteiger partial charge in [0, 0.05) is 5.39 Å². The molecule has 23 heavy (non-hydrogen) atoms. The number of benzene rings is 3. The first kappa shape index (κ1) is 14.0. The number of aromatic amines is 1. The summed E-state index contributed by atoms with van der Waals surface area (Å²) in [6.45, 7) is 1.29. The number of para-hydroxylation sites is 2. The zero-order valence-corrected chi connectivity index (χ0v) is 13.3. The molecule has 0 aliphatic rings. The Balaban J connectivity index is 1.57. The van der Waals surface area contributed by atoms with Crippen molar-refractivity contribution in [2.45, 2.75) is 6.54 Å². The van der Waals surface area contributed by atoms with E-state index in [1.807, 2.05) is 42.5 Å². The summed E-state index contributed by atoms with van der Waals surface area (Å²) in [5.74, 6) is 0.912. The van der Waals surface area contributed by atoms with Crippen LogP contribution in [0.5, 0.6) is 5.75 Å². The highest BCUT2D eigenvalue weighted by molar-refractivity contribution is 7.71. The van der Waals surface area contributed by atoms with E-state index in [1.165, 1.54) is 5.39 Å². The Bertz CT molecular complexity index is 1030. The van der Waals surface area contributed by atoms with Crippen LogP contribution in [0, 0.1) is 4.77 Å². The predicted octanol–water partition coefficient (Wildman–Crippen LogP) is 4.93. The fourth-order valence-corrected chi connectivity index (χ4v) is 3.20. The van der Waals surface area contributed by atoms with Crippen LogP contribution in [0.2, 0.25) is 0 Å². The van der Waals surface area contributed by atoms with E-state index in [2.05, 4.69) is 33.8 Å². The van der Waals surface area contributed by atoms with Gasteiger partial charge < -0.3 is 14.3 Å². The maximum Gasteiger partial charge on any atom is 0.178 e. The highest BCUT2D eigenvalue weighted by Gasteiger charge is 2.05. The van der Waals surface area contributed by atoms with Gasteiger partial charge in [0.15, 0.2) is 4.77 Å². The summed E-state index contributed by atoms with van der Waals surface area (Å²) in [5, 5.41) is 2.33. The molecular formula is C19H16N2OS. The lowest BCUT2D eigenvalue weighted by Gasteiger charge is -2.10. The second-order valence-corrected chi connectivity index (χ2v) is 5.81. The number of imidazole rings is 1. The number of nitrogens with zero attached hydrogens (tertiary/aromatic N) is 1. The maximum absolute atomic E-state index is 6.02. The lowest BCUT2D eigenvalue weighted by atomic mass is 10.1. The number of fused-ring (bicyclic) bond motifs is 2. The molecule has 1 aromatic heterocycles. The van der Waals surface area contributed by atoms with Gasteiger partial charge in [-0.25, -0.2) is 0 Å². The minimum absolute atomic E-state index is 0.574. The van der Waals surface area contributed by atoms with Gasteiger partial charge in [0.05, 0.1) is 17.6 Å². The average molecular weight is 320 g/mol. The van der Waals surface area contributed by atoms with Crippen molar-refractivity contribution in [1.29, 1.82) is 0 Å². The van der Waals surface area contributed by atoms with Gasteiger partial charge >= 0.3 is 0 Å². The highest BCUT2D eigenvalue weighted by atomic mass is 32.1. The first-order valence-corrected chi connectivity index (χ1v) is 8.02. The van der Waals surface area contributed by atoms with Crippen molar-refractivity contribution in [3.8, 4) is 5.75 Å². The number of nitrogens with one attached hydrogen (secondary N) is 1. The van der Waals surface area contributed by atoms with Crippen molar-refractivity contribution in [2.75, 3.05) is 6.61 Å². The zero-order chi connectivity index (χ0) is 15.6. The van der Waals surface area contributed by atoms with Gasteiger partial charge in [0.2, 0.25) is 0 Å². The summed E-state index contributed by atoms with van der Waals surface area (Å²) in [5.41, 5.74) is 2.17. The molecule has 0 radical (unpaired) electrons. The molecule has 0 bridgehead atoms. The predicted molar refractivity (Wildman–Crippen MR) is 96.6 cm³/mol. The number of ether oxygens (including phenoxy) is 1. The molecular weight excluding hydrogens is 304 g/mol. The standard InChI is InChI=1S/C19H16N2OS/c23-19-20-16-9-3-4-10-17(16)21(19)12-13-22-18-11-5-7-14-6-1-2-8-15(14)18/h1-11H,12-13H2,(H,20,23). The van der Waals surface area contributed by atoms with E-state index >= 15 is 0 Å². The lowest BCUT2D eigenvalue weighted by Crippen LogP contribution is -2.08. The quantitative estimate of drug-likeness (QED) is 0.540. The number of hydrogen-bond donors (Lipinski definition) is 1. The van der Waals surface area contributed by atoms with Crippen molar-refractivity contribution < 1.29 is 4.74 Å². The fraction of sp³-hybridized carbons (Fsp3) is 0.105. The first-order valence-electron chi connectivity index (χ1n) is 7.61. The van der Waals surface area contributed by atoms with Gasteiger partial charge in [-0.2, -0.15) is 0 Å². The zero-order valence-electron chi connectivity index (χ0n) is 12.5. The first-order chi connectivity index (χ1) is 11.3. The summed E-state index contributed by atoms with van der Waals surface area (Å²) < 4.78 is 8.82. The summed E-state index contributed by atoms with van der Waals surface area (Å²) in [7, 11) is 0. The molecule has 0 aliphatic heterocycles. The third kappa shape index (κ3) is 2.62. The van der Waals surface area contributed by atoms with Crippen LogP contribution in [0.4, 0.5) is 0 Å². The van der Waals surface area contributed by atoms with Crippen LogP contribution < -0.4 is 4.74 Å². The Morgan fingerprint density at radius 3 is 2.65 bits per heavy atom. The van der Waals surface area contributed by atoms with E-state index in [-0.39, 0.29) is 0 Å². The monoisotopic (exact) mass is 320 g/mol. The van der Waals surface area contributed by atoms with E-state index in [0.29, 0.717) is 13.2 Å². The summed E-state index contributed by atoms with van der Waals surface area (Å²) in [4.78, 5) is 3.23. The van der Waals surface area contributed by atoms with Crippen LogP contribution >= 0.6 is 12.2 Å². The van der Waals surface area contributed by atoms with Crippen LogP contribution in [-0.2, 0) is 6.54 Å². The molecule has 3 nitrogen and oxygen atoms in total. The average Bonchev–Trinajstić information content (AvgIpc) is 2.91.